The van der Waals surface area contributed by atoms with Crippen molar-refractivity contribution in [2.75, 3.05) is 0 Å². The molecule has 6 heteroatoms. The Labute approximate surface area is 139 Å². The third-order valence-electron chi connectivity index (χ3n) is 4.89. The zero-order valence-corrected chi connectivity index (χ0v) is 13.5. The number of carbonyl (C=O) groups is 2. The fraction of sp³-hybridized carbons (Fsp3) is 0.389. The molecule has 1 aromatic carbocycles. The van der Waals surface area contributed by atoms with Gasteiger partial charge in [-0.2, -0.15) is 0 Å². The van der Waals surface area contributed by atoms with Crippen molar-refractivity contribution in [1.29, 1.82) is 0 Å². The summed E-state index contributed by atoms with van der Waals surface area (Å²) in [6.07, 6.45) is 3.47. The molecule has 2 aromatic rings. The number of hydrogen-bond donors (Lipinski definition) is 1. The van der Waals surface area contributed by atoms with Gasteiger partial charge in [0.05, 0.1) is 12.2 Å². The topological polar surface area (TPSA) is 75.4 Å². The lowest BCUT2D eigenvalue weighted by molar-refractivity contribution is -0.132. The molecule has 6 nitrogen and oxygen atoms in total. The van der Waals surface area contributed by atoms with E-state index in [2.05, 4.69) is 10.5 Å². The molecule has 1 spiro atoms. The summed E-state index contributed by atoms with van der Waals surface area (Å²) in [5.41, 5.74) is 1.85. The Morgan fingerprint density at radius 3 is 2.92 bits per heavy atom. The first kappa shape index (κ1) is 14.9. The van der Waals surface area contributed by atoms with E-state index in [1.165, 1.54) is 4.90 Å². The van der Waals surface area contributed by atoms with Gasteiger partial charge in [0.25, 0.3) is 5.91 Å². The van der Waals surface area contributed by atoms with E-state index in [0.717, 1.165) is 36.1 Å². The Bertz CT molecular complexity index is 813. The number of aromatic nitrogens is 1. The third-order valence-corrected chi connectivity index (χ3v) is 4.89. The minimum atomic E-state index is -0.945. The maximum Gasteiger partial charge on any atom is 0.325 e. The highest BCUT2D eigenvalue weighted by Gasteiger charge is 2.53. The van der Waals surface area contributed by atoms with Crippen LogP contribution in [0.5, 0.6) is 0 Å². The molecule has 0 saturated carbocycles. The second-order valence-electron chi connectivity index (χ2n) is 6.53. The van der Waals surface area contributed by atoms with Crippen LogP contribution in [0.15, 0.2) is 34.9 Å². The second-order valence-corrected chi connectivity index (χ2v) is 6.53. The molecular formula is C18H19N3O3. The highest BCUT2D eigenvalue weighted by Crippen LogP contribution is 2.39. The molecule has 2 aliphatic rings. The quantitative estimate of drug-likeness (QED) is 0.861. The van der Waals surface area contributed by atoms with Crippen molar-refractivity contribution >= 4 is 11.9 Å². The lowest BCUT2D eigenvalue weighted by Gasteiger charge is -2.27. The molecule has 124 valence electrons. The Hall–Kier alpha value is -2.63. The summed E-state index contributed by atoms with van der Waals surface area (Å²) in [5.74, 6) is 0.311. The predicted octanol–water partition coefficient (Wildman–Crippen LogP) is 2.66. The highest BCUT2D eigenvalue weighted by molar-refractivity contribution is 6.07. The summed E-state index contributed by atoms with van der Waals surface area (Å²) < 4.78 is 5.17. The zero-order chi connectivity index (χ0) is 16.7. The molecule has 1 aromatic heterocycles. The Balaban J connectivity index is 1.72. The van der Waals surface area contributed by atoms with E-state index in [1.54, 1.807) is 6.07 Å². The molecule has 24 heavy (non-hydrogen) atoms. The first-order chi connectivity index (χ1) is 11.6. The van der Waals surface area contributed by atoms with Gasteiger partial charge in [0.2, 0.25) is 0 Å². The molecule has 0 bridgehead atoms. The number of carbonyl (C=O) groups excluding carboxylic acids is 2. The summed E-state index contributed by atoms with van der Waals surface area (Å²) in [7, 11) is 0. The zero-order valence-electron chi connectivity index (χ0n) is 13.5. The molecule has 2 heterocycles. The first-order valence-corrected chi connectivity index (χ1v) is 8.25. The summed E-state index contributed by atoms with van der Waals surface area (Å²) in [4.78, 5) is 27.0. The standard InChI is InChI=1S/C18H19N3O3/c1-12-10-14(24-20-12)11-21-16(22)18(19-17(21)23)9-5-4-7-13-6-2-3-8-15(13)18/h2-3,6,8,10H,4-5,7,9,11H2,1H3,(H,19,23)/t18-/m1/s1. The van der Waals surface area contributed by atoms with Gasteiger partial charge in [0.15, 0.2) is 5.76 Å². The van der Waals surface area contributed by atoms with E-state index in [4.69, 9.17) is 4.52 Å². The average Bonchev–Trinajstić information content (AvgIpc) is 3.01. The van der Waals surface area contributed by atoms with E-state index in [1.807, 2.05) is 31.2 Å². The van der Waals surface area contributed by atoms with Crippen LogP contribution in [0.3, 0.4) is 0 Å². The Morgan fingerprint density at radius 2 is 2.12 bits per heavy atom. The van der Waals surface area contributed by atoms with Crippen LogP contribution in [0.25, 0.3) is 0 Å². The van der Waals surface area contributed by atoms with Crippen LogP contribution in [0, 0.1) is 6.92 Å². The normalized spacial score (nSPS) is 23.3. The van der Waals surface area contributed by atoms with Crippen molar-refractivity contribution in [2.24, 2.45) is 0 Å². The van der Waals surface area contributed by atoms with Crippen molar-refractivity contribution in [3.8, 4) is 0 Å². The summed E-state index contributed by atoms with van der Waals surface area (Å²) in [6.45, 7) is 1.91. The van der Waals surface area contributed by atoms with Gasteiger partial charge in [0, 0.05) is 6.07 Å². The fourth-order valence-corrected chi connectivity index (χ4v) is 3.76. The van der Waals surface area contributed by atoms with Gasteiger partial charge >= 0.3 is 6.03 Å². The van der Waals surface area contributed by atoms with E-state index in [0.29, 0.717) is 12.2 Å². The smallest absolute Gasteiger partial charge is 0.325 e. The van der Waals surface area contributed by atoms with Crippen LogP contribution in [0.4, 0.5) is 4.79 Å². The van der Waals surface area contributed by atoms with Crippen molar-refractivity contribution in [1.82, 2.24) is 15.4 Å². The minimum Gasteiger partial charge on any atom is -0.359 e. The predicted molar refractivity (Wildman–Crippen MR) is 86.0 cm³/mol. The van der Waals surface area contributed by atoms with E-state index in [-0.39, 0.29) is 18.5 Å². The van der Waals surface area contributed by atoms with Crippen LogP contribution in [0.2, 0.25) is 0 Å². The summed E-state index contributed by atoms with van der Waals surface area (Å²) in [6, 6.07) is 9.28. The number of urea groups is 1. The van der Waals surface area contributed by atoms with Crippen molar-refractivity contribution < 1.29 is 14.1 Å². The number of fused-ring (bicyclic) bond motifs is 2. The van der Waals surface area contributed by atoms with Gasteiger partial charge in [-0.1, -0.05) is 29.4 Å². The average molecular weight is 325 g/mol. The van der Waals surface area contributed by atoms with Crippen molar-refractivity contribution in [2.45, 2.75) is 44.7 Å². The molecule has 1 saturated heterocycles. The third kappa shape index (κ3) is 2.21. The molecular weight excluding hydrogens is 306 g/mol. The molecule has 0 unspecified atom stereocenters. The number of rotatable bonds is 2. The highest BCUT2D eigenvalue weighted by atomic mass is 16.5. The molecule has 1 aliphatic heterocycles. The molecule has 1 N–H and O–H groups in total. The number of hydrogen-bond acceptors (Lipinski definition) is 4. The Morgan fingerprint density at radius 1 is 1.29 bits per heavy atom. The van der Waals surface area contributed by atoms with Gasteiger partial charge in [-0.05, 0) is 43.7 Å². The van der Waals surface area contributed by atoms with Crippen LogP contribution in [0.1, 0.15) is 41.8 Å². The van der Waals surface area contributed by atoms with Gasteiger partial charge < -0.3 is 9.84 Å². The fourth-order valence-electron chi connectivity index (χ4n) is 3.76. The molecule has 4 rings (SSSR count). The van der Waals surface area contributed by atoms with Crippen molar-refractivity contribution in [3.05, 3.63) is 52.9 Å². The molecule has 1 atom stereocenters. The van der Waals surface area contributed by atoms with E-state index >= 15 is 0 Å². The van der Waals surface area contributed by atoms with Gasteiger partial charge in [-0.3, -0.25) is 9.69 Å². The van der Waals surface area contributed by atoms with Gasteiger partial charge in [-0.25, -0.2) is 4.79 Å². The monoisotopic (exact) mass is 325 g/mol. The number of aryl methyl sites for hydroxylation is 2. The lowest BCUT2D eigenvalue weighted by atomic mass is 9.84. The number of nitrogens with zero attached hydrogens (tertiary/aromatic N) is 2. The van der Waals surface area contributed by atoms with Gasteiger partial charge in [-0.15, -0.1) is 0 Å². The van der Waals surface area contributed by atoms with Gasteiger partial charge in [0.1, 0.15) is 5.54 Å². The maximum absolute atomic E-state index is 13.2. The number of amides is 3. The minimum absolute atomic E-state index is 0.107. The van der Waals surface area contributed by atoms with Crippen LogP contribution in [-0.4, -0.2) is 22.0 Å². The molecule has 1 aliphatic carbocycles. The maximum atomic E-state index is 13.2. The molecule has 3 amide bonds. The first-order valence-electron chi connectivity index (χ1n) is 8.25. The second kappa shape index (κ2) is 5.47. The van der Waals surface area contributed by atoms with E-state index < -0.39 is 5.54 Å². The lowest BCUT2D eigenvalue weighted by Crippen LogP contribution is -2.44. The Kier molecular flexibility index (Phi) is 3.40. The molecule has 0 radical (unpaired) electrons. The van der Waals surface area contributed by atoms with E-state index in [9.17, 15) is 9.59 Å². The van der Waals surface area contributed by atoms with Crippen molar-refractivity contribution in [3.63, 3.8) is 0 Å². The van der Waals surface area contributed by atoms with Crippen LogP contribution >= 0.6 is 0 Å². The van der Waals surface area contributed by atoms with Crippen LogP contribution in [-0.2, 0) is 23.3 Å². The molecule has 1 fully saturated rings. The number of imide groups is 1. The number of benzene rings is 1. The SMILES string of the molecule is Cc1cc(CN2C(=O)N[C@@]3(CCCCc4ccccc43)C2=O)on1. The summed E-state index contributed by atoms with van der Waals surface area (Å²) >= 11 is 0. The van der Waals surface area contributed by atoms with Crippen LogP contribution < -0.4 is 5.32 Å². The number of nitrogens with one attached hydrogen (secondary N) is 1. The summed E-state index contributed by atoms with van der Waals surface area (Å²) in [5, 5.41) is 6.79. The largest absolute Gasteiger partial charge is 0.359 e.